The van der Waals surface area contributed by atoms with Crippen LogP contribution in [-0.2, 0) is 5.41 Å². The average Bonchev–Trinajstić information content (AvgIpc) is 2.55. The van der Waals surface area contributed by atoms with E-state index in [2.05, 4.69) is 18.7 Å². The van der Waals surface area contributed by atoms with Crippen molar-refractivity contribution < 1.29 is 10.2 Å². The number of aliphatic hydroxyl groups is 2. The predicted octanol–water partition coefficient (Wildman–Crippen LogP) is 2.69. The number of aliphatic hydroxyl groups excluding tert-OH is 2. The lowest BCUT2D eigenvalue weighted by atomic mass is 9.75. The van der Waals surface area contributed by atoms with Crippen LogP contribution in [0.2, 0.25) is 5.02 Å². The minimum Gasteiger partial charge on any atom is -0.392 e. The van der Waals surface area contributed by atoms with Crippen molar-refractivity contribution >= 4 is 17.3 Å². The molecule has 0 bridgehead atoms. The van der Waals surface area contributed by atoms with Crippen LogP contribution in [0.15, 0.2) is 30.0 Å². The van der Waals surface area contributed by atoms with Gasteiger partial charge in [0.05, 0.1) is 12.2 Å². The molecule has 1 aliphatic heterocycles. The van der Waals surface area contributed by atoms with Crippen LogP contribution in [-0.4, -0.2) is 29.5 Å². The minimum absolute atomic E-state index is 0.170. The molecule has 108 valence electrons. The number of nitrogens with zero attached hydrogens (tertiary/aromatic N) is 1. The number of fused-ring (bicyclic) bond motifs is 1. The minimum atomic E-state index is -0.436. The van der Waals surface area contributed by atoms with Crippen molar-refractivity contribution in [3.63, 3.8) is 0 Å². The largest absolute Gasteiger partial charge is 0.392 e. The first-order chi connectivity index (χ1) is 9.32. The number of allylic oxidation sites excluding steroid dienone is 1. The Bertz CT molecular complexity index is 574. The summed E-state index contributed by atoms with van der Waals surface area (Å²) >= 11 is 6.12. The molecule has 1 aliphatic carbocycles. The zero-order valence-corrected chi connectivity index (χ0v) is 12.7. The predicted molar refractivity (Wildman–Crippen MR) is 81.1 cm³/mol. The molecule has 3 rings (SSSR count). The monoisotopic (exact) mass is 293 g/mol. The summed E-state index contributed by atoms with van der Waals surface area (Å²) in [5, 5.41) is 20.4. The first-order valence-electron chi connectivity index (χ1n) is 6.94. The third-order valence-electron chi connectivity index (χ3n) is 4.72. The van der Waals surface area contributed by atoms with Gasteiger partial charge in [0.2, 0.25) is 0 Å². The van der Waals surface area contributed by atoms with E-state index in [1.165, 1.54) is 5.56 Å². The van der Waals surface area contributed by atoms with Crippen LogP contribution >= 0.6 is 11.6 Å². The molecule has 0 radical (unpaired) electrons. The van der Waals surface area contributed by atoms with Gasteiger partial charge in [0.1, 0.15) is 0 Å². The van der Waals surface area contributed by atoms with Crippen molar-refractivity contribution in [1.29, 1.82) is 0 Å². The second-order valence-electron chi connectivity index (χ2n) is 6.35. The lowest BCUT2D eigenvalue weighted by molar-refractivity contribution is -0.0689. The second kappa shape index (κ2) is 4.48. The van der Waals surface area contributed by atoms with Crippen LogP contribution in [0.25, 0.3) is 0 Å². The van der Waals surface area contributed by atoms with Gasteiger partial charge in [-0.25, -0.2) is 0 Å². The number of benzene rings is 1. The van der Waals surface area contributed by atoms with Gasteiger partial charge >= 0.3 is 0 Å². The van der Waals surface area contributed by atoms with Crippen molar-refractivity contribution in [2.24, 2.45) is 5.92 Å². The summed E-state index contributed by atoms with van der Waals surface area (Å²) in [6.45, 7) is 4.30. The molecule has 2 atom stereocenters. The number of halogens is 1. The molecule has 2 unspecified atom stereocenters. The number of likely N-dealkylation sites (N-methyl/N-ethyl adjacent to an activating group) is 1. The molecule has 4 heteroatoms. The first kappa shape index (κ1) is 13.9. The molecule has 2 N–H and O–H groups in total. The molecular weight excluding hydrogens is 274 g/mol. The van der Waals surface area contributed by atoms with Gasteiger partial charge in [0, 0.05) is 41.2 Å². The number of rotatable bonds is 1. The summed E-state index contributed by atoms with van der Waals surface area (Å²) in [7, 11) is 2.02. The lowest BCUT2D eigenvalue weighted by Crippen LogP contribution is -2.45. The summed E-state index contributed by atoms with van der Waals surface area (Å²) in [5.41, 5.74) is 3.25. The maximum absolute atomic E-state index is 9.81. The van der Waals surface area contributed by atoms with Crippen LogP contribution in [0, 0.1) is 5.92 Å². The Labute approximate surface area is 124 Å². The molecule has 1 saturated carbocycles. The van der Waals surface area contributed by atoms with Crippen LogP contribution in [0.3, 0.4) is 0 Å². The van der Waals surface area contributed by atoms with Gasteiger partial charge < -0.3 is 15.1 Å². The number of hydrogen-bond donors (Lipinski definition) is 2. The van der Waals surface area contributed by atoms with Crippen molar-refractivity contribution in [3.05, 3.63) is 40.6 Å². The van der Waals surface area contributed by atoms with E-state index in [9.17, 15) is 10.2 Å². The molecule has 1 fully saturated rings. The summed E-state index contributed by atoms with van der Waals surface area (Å²) in [4.78, 5) is 2.13. The molecule has 1 aromatic rings. The molecule has 0 amide bonds. The van der Waals surface area contributed by atoms with E-state index in [0.29, 0.717) is 6.42 Å². The average molecular weight is 294 g/mol. The maximum atomic E-state index is 9.81. The summed E-state index contributed by atoms with van der Waals surface area (Å²) in [6, 6.07) is 5.92. The highest BCUT2D eigenvalue weighted by Crippen LogP contribution is 2.48. The highest BCUT2D eigenvalue weighted by atomic mass is 35.5. The first-order valence-corrected chi connectivity index (χ1v) is 7.32. The molecule has 0 spiro atoms. The van der Waals surface area contributed by atoms with E-state index in [1.807, 2.05) is 31.3 Å². The van der Waals surface area contributed by atoms with E-state index in [4.69, 9.17) is 11.6 Å². The Hall–Kier alpha value is -1.03. The van der Waals surface area contributed by atoms with Crippen LogP contribution < -0.4 is 4.90 Å². The maximum Gasteiger partial charge on any atom is 0.0653 e. The highest BCUT2D eigenvalue weighted by Gasteiger charge is 2.43. The Morgan fingerprint density at radius 2 is 1.95 bits per heavy atom. The zero-order chi connectivity index (χ0) is 14.7. The Morgan fingerprint density at radius 3 is 2.55 bits per heavy atom. The fraction of sp³-hybridized carbons (Fsp3) is 0.500. The lowest BCUT2D eigenvalue weighted by Gasteiger charge is -2.38. The fourth-order valence-corrected chi connectivity index (χ4v) is 3.51. The summed E-state index contributed by atoms with van der Waals surface area (Å²) < 4.78 is 0. The summed E-state index contributed by atoms with van der Waals surface area (Å²) in [6.07, 6.45) is 1.62. The molecule has 0 aromatic heterocycles. The second-order valence-corrected chi connectivity index (χ2v) is 6.78. The van der Waals surface area contributed by atoms with Gasteiger partial charge in [-0.05, 0) is 23.8 Å². The number of anilines is 1. The smallest absolute Gasteiger partial charge is 0.0653 e. The van der Waals surface area contributed by atoms with Crippen LogP contribution in [0.5, 0.6) is 0 Å². The van der Waals surface area contributed by atoms with Crippen molar-refractivity contribution in [2.75, 3.05) is 11.9 Å². The van der Waals surface area contributed by atoms with E-state index in [1.54, 1.807) is 0 Å². The molecule has 2 aliphatic rings. The van der Waals surface area contributed by atoms with Crippen LogP contribution in [0.1, 0.15) is 25.8 Å². The number of hydrogen-bond acceptors (Lipinski definition) is 3. The van der Waals surface area contributed by atoms with Crippen molar-refractivity contribution in [3.8, 4) is 0 Å². The van der Waals surface area contributed by atoms with Gasteiger partial charge in [0.15, 0.2) is 0 Å². The molecule has 20 heavy (non-hydrogen) atoms. The van der Waals surface area contributed by atoms with Crippen molar-refractivity contribution in [1.82, 2.24) is 0 Å². The molecule has 1 heterocycles. The van der Waals surface area contributed by atoms with Gasteiger partial charge in [-0.15, -0.1) is 0 Å². The van der Waals surface area contributed by atoms with Crippen molar-refractivity contribution in [2.45, 2.75) is 37.9 Å². The van der Waals surface area contributed by atoms with Gasteiger partial charge in [-0.3, -0.25) is 0 Å². The van der Waals surface area contributed by atoms with E-state index in [0.717, 1.165) is 16.4 Å². The SMILES string of the molecule is CN1/C(=C/C2C(O)CC2O)C(C)(C)c2cc(Cl)ccc21. The Kier molecular flexibility index (Phi) is 3.12. The zero-order valence-electron chi connectivity index (χ0n) is 12.0. The Morgan fingerprint density at radius 1 is 1.30 bits per heavy atom. The van der Waals surface area contributed by atoms with Gasteiger partial charge in [0.25, 0.3) is 0 Å². The standard InChI is InChI=1S/C16H20ClNO2/c1-16(2)11-6-9(17)4-5-12(11)18(3)15(16)7-10-13(19)8-14(10)20/h4-7,10,13-14,19-20H,8H2,1-3H3/b15-7+. The molecule has 3 nitrogen and oxygen atoms in total. The third kappa shape index (κ3) is 1.88. The quantitative estimate of drug-likeness (QED) is 0.837. The van der Waals surface area contributed by atoms with Gasteiger partial charge in [-0.1, -0.05) is 31.5 Å². The fourth-order valence-electron chi connectivity index (χ4n) is 3.34. The topological polar surface area (TPSA) is 43.7 Å². The van der Waals surface area contributed by atoms with E-state index < -0.39 is 12.2 Å². The van der Waals surface area contributed by atoms with Gasteiger partial charge in [-0.2, -0.15) is 0 Å². The van der Waals surface area contributed by atoms with E-state index >= 15 is 0 Å². The highest BCUT2D eigenvalue weighted by molar-refractivity contribution is 6.30. The van der Waals surface area contributed by atoms with E-state index in [-0.39, 0.29) is 11.3 Å². The van der Waals surface area contributed by atoms with Crippen LogP contribution in [0.4, 0.5) is 5.69 Å². The molecular formula is C16H20ClNO2. The summed E-state index contributed by atoms with van der Waals surface area (Å²) in [5.74, 6) is -0.170. The molecule has 0 saturated heterocycles. The third-order valence-corrected chi connectivity index (χ3v) is 4.95. The normalized spacial score (nSPS) is 33.2. The molecule has 1 aromatic carbocycles. The Balaban J connectivity index is 2.04.